The number of aliphatic hydroxyl groups excluding tert-OH is 1. The Morgan fingerprint density at radius 3 is 2.22 bits per heavy atom. The van der Waals surface area contributed by atoms with Gasteiger partial charge in [0.25, 0.3) is 0 Å². The minimum absolute atomic E-state index is 0.0421. The summed E-state index contributed by atoms with van der Waals surface area (Å²) >= 11 is 0. The maximum absolute atomic E-state index is 13.6. The van der Waals surface area contributed by atoms with E-state index in [4.69, 9.17) is 0 Å². The molecule has 0 radical (unpaired) electrons. The fourth-order valence-corrected chi connectivity index (χ4v) is 8.75. The second-order valence-corrected chi connectivity index (χ2v) is 14.0. The Hall–Kier alpha value is -4.44. The van der Waals surface area contributed by atoms with Gasteiger partial charge in [0.05, 0.1) is 29.7 Å². The molecule has 0 aromatic heterocycles. The number of fused-ring (bicyclic) bond motifs is 7. The van der Waals surface area contributed by atoms with Crippen LogP contribution in [0.3, 0.4) is 0 Å². The number of piperazine rings is 3. The number of hydrogen-bond donors (Lipinski definition) is 1. The number of carboxylic acids is 1. The summed E-state index contributed by atoms with van der Waals surface area (Å²) in [7, 11) is 0. The van der Waals surface area contributed by atoms with E-state index in [0.717, 1.165) is 77.0 Å². The van der Waals surface area contributed by atoms with Crippen LogP contribution in [0.5, 0.6) is 0 Å². The van der Waals surface area contributed by atoms with Crippen molar-refractivity contribution >= 4 is 29.0 Å². The van der Waals surface area contributed by atoms with E-state index in [-0.39, 0.29) is 17.3 Å². The lowest BCUT2D eigenvalue weighted by atomic mass is 9.82. The van der Waals surface area contributed by atoms with Gasteiger partial charge in [0.15, 0.2) is 5.78 Å². The molecule has 3 aromatic rings. The molecule has 5 aliphatic heterocycles. The standard InChI is InChI=1S/C37H36N3O6/c1-22(41)33-31-19-28(34(37(45)46)38(31)36(33)44)25-8-10-27-29(18-25)26-9-7-23(17-30(26)35(27)43)20-39-11-14-40(15-12-39,16-13-39)21-32(42)24-5-3-2-4-6-24/h2-10,17-18,22,31,33,41H,11-16,19-21H2,1H3/q+1/t22-,31-,33-,39?,40?/m1/s1. The van der Waals surface area contributed by atoms with Crippen molar-refractivity contribution in [2.45, 2.75) is 32.0 Å². The van der Waals surface area contributed by atoms with Crippen LogP contribution in [0.4, 0.5) is 0 Å². The summed E-state index contributed by atoms with van der Waals surface area (Å²) in [5.41, 5.74) is 5.72. The third-order valence-electron chi connectivity index (χ3n) is 11.4. The number of Topliss-reactive ketones (excluding diaryl/α,β-unsaturated/α-hetero) is 1. The molecule has 6 aliphatic rings. The van der Waals surface area contributed by atoms with Crippen molar-refractivity contribution in [1.29, 1.82) is 0 Å². The summed E-state index contributed by atoms with van der Waals surface area (Å²) in [6.45, 7) is 8.87. The average molecular weight is 619 g/mol. The fraction of sp³-hybridized carbons (Fsp3) is 0.351. The van der Waals surface area contributed by atoms with Gasteiger partial charge >= 0.3 is 0 Å². The molecule has 234 valence electrons. The molecule has 5 heterocycles. The van der Waals surface area contributed by atoms with E-state index in [2.05, 4.69) is 6.07 Å². The number of hydrogen-bond acceptors (Lipinski definition) is 6. The predicted octanol–water partition coefficient (Wildman–Crippen LogP) is 2.01. The normalized spacial score (nSPS) is 28.1. The Kier molecular flexibility index (Phi) is 6.48. The third-order valence-corrected chi connectivity index (χ3v) is 11.4. The molecule has 4 saturated heterocycles. The Morgan fingerprint density at radius 2 is 1.54 bits per heavy atom. The average Bonchev–Trinajstić information content (AvgIpc) is 3.54. The van der Waals surface area contributed by atoms with E-state index < -0.39 is 29.9 Å². The van der Waals surface area contributed by atoms with Gasteiger partial charge in [0.1, 0.15) is 52.4 Å². The Labute approximate surface area is 267 Å². The van der Waals surface area contributed by atoms with Gasteiger partial charge in [-0.05, 0) is 53.8 Å². The van der Waals surface area contributed by atoms with E-state index >= 15 is 0 Å². The van der Waals surface area contributed by atoms with Crippen LogP contribution < -0.4 is 5.11 Å². The maximum atomic E-state index is 13.6. The summed E-state index contributed by atoms with van der Waals surface area (Å²) in [5, 5.41) is 22.3. The summed E-state index contributed by atoms with van der Waals surface area (Å²) < 4.78 is 1.82. The number of rotatable bonds is 8. The van der Waals surface area contributed by atoms with Crippen LogP contribution in [0, 0.1) is 5.92 Å². The van der Waals surface area contributed by atoms with Gasteiger partial charge in [-0.1, -0.05) is 48.5 Å². The number of quaternary nitrogens is 2. The first-order chi connectivity index (χ1) is 22.1. The number of amides is 1. The van der Waals surface area contributed by atoms with Gasteiger partial charge < -0.3 is 28.9 Å². The zero-order chi connectivity index (χ0) is 32.0. The smallest absolute Gasteiger partial charge is 0.235 e. The monoisotopic (exact) mass is 618 g/mol. The second kappa shape index (κ2) is 10.3. The van der Waals surface area contributed by atoms with Crippen molar-refractivity contribution < 1.29 is 38.4 Å². The molecular formula is C37H36N3O6+. The van der Waals surface area contributed by atoms with Crippen LogP contribution in [0.25, 0.3) is 16.7 Å². The van der Waals surface area contributed by atoms with E-state index in [1.165, 1.54) is 4.90 Å². The number of aliphatic hydroxyl groups is 1. The molecular weight excluding hydrogens is 582 g/mol. The number of benzene rings is 3. The zero-order valence-corrected chi connectivity index (χ0v) is 25.8. The molecule has 1 amide bonds. The van der Waals surface area contributed by atoms with E-state index in [9.17, 15) is 29.4 Å². The fourth-order valence-electron chi connectivity index (χ4n) is 8.75. The van der Waals surface area contributed by atoms with E-state index in [0.29, 0.717) is 35.2 Å². The molecule has 3 atom stereocenters. The number of carbonyl (C=O) groups excluding carboxylic acids is 4. The lowest BCUT2D eigenvalue weighted by molar-refractivity contribution is -1.08. The Bertz CT molecular complexity index is 1850. The number of aliphatic carboxylic acids is 1. The topological polar surface area (TPSA) is 115 Å². The zero-order valence-electron chi connectivity index (χ0n) is 25.8. The maximum Gasteiger partial charge on any atom is 0.235 e. The van der Waals surface area contributed by atoms with Gasteiger partial charge in [-0.3, -0.25) is 14.4 Å². The van der Waals surface area contributed by atoms with Crippen LogP contribution in [-0.4, -0.2) is 100 Å². The van der Waals surface area contributed by atoms with Crippen molar-refractivity contribution in [2.24, 2.45) is 5.92 Å². The van der Waals surface area contributed by atoms with Gasteiger partial charge in [0.2, 0.25) is 11.7 Å². The number of carbonyl (C=O) groups is 4. The van der Waals surface area contributed by atoms with Crippen molar-refractivity contribution in [3.63, 3.8) is 0 Å². The number of ketones is 2. The molecule has 9 heteroatoms. The Balaban J connectivity index is 1.01. The third kappa shape index (κ3) is 4.33. The first-order valence-corrected chi connectivity index (χ1v) is 16.2. The highest BCUT2D eigenvalue weighted by Gasteiger charge is 2.55. The summed E-state index contributed by atoms with van der Waals surface area (Å²) in [4.78, 5) is 52.7. The molecule has 0 unspecified atom stereocenters. The molecule has 0 spiro atoms. The van der Waals surface area contributed by atoms with Gasteiger partial charge in [0, 0.05) is 22.3 Å². The molecule has 9 nitrogen and oxygen atoms in total. The molecule has 9 rings (SSSR count). The van der Waals surface area contributed by atoms with Gasteiger partial charge in [-0.2, -0.15) is 0 Å². The van der Waals surface area contributed by atoms with Gasteiger partial charge in [-0.25, -0.2) is 0 Å². The Morgan fingerprint density at radius 1 is 0.870 bits per heavy atom. The highest BCUT2D eigenvalue weighted by atomic mass is 16.4. The SMILES string of the molecule is C[C@@H](O)[C@H]1C(=O)N2C(C(=O)[O-])=C(c3ccc4c(c3)-c3ccc(C[N+]56CC[N+](CC(=O)c7ccccc7)(CC5)CC6)cc3C4=O)C[C@H]12. The number of β-lactam (4-membered cyclic amide) rings is 1. The first kappa shape index (κ1) is 29.0. The van der Waals surface area contributed by atoms with Crippen molar-refractivity contribution in [1.82, 2.24) is 4.90 Å². The van der Waals surface area contributed by atoms with Crippen molar-refractivity contribution in [3.8, 4) is 11.1 Å². The molecule has 1 aliphatic carbocycles. The second-order valence-electron chi connectivity index (χ2n) is 14.0. The number of nitrogens with zero attached hydrogens (tertiary/aromatic N) is 3. The summed E-state index contributed by atoms with van der Waals surface area (Å²) in [6.07, 6.45) is -0.565. The highest BCUT2D eigenvalue weighted by molar-refractivity contribution is 6.22. The lowest BCUT2D eigenvalue weighted by Gasteiger charge is -2.55. The molecule has 46 heavy (non-hydrogen) atoms. The van der Waals surface area contributed by atoms with Crippen LogP contribution in [0.2, 0.25) is 0 Å². The van der Waals surface area contributed by atoms with E-state index in [1.54, 1.807) is 19.1 Å². The van der Waals surface area contributed by atoms with Crippen molar-refractivity contribution in [2.75, 3.05) is 45.8 Å². The van der Waals surface area contributed by atoms with Crippen LogP contribution in [0.15, 0.2) is 72.4 Å². The van der Waals surface area contributed by atoms with Gasteiger partial charge in [-0.15, -0.1) is 0 Å². The largest absolute Gasteiger partial charge is 0.543 e. The molecule has 3 aromatic carbocycles. The van der Waals surface area contributed by atoms with Crippen LogP contribution >= 0.6 is 0 Å². The number of carboxylic acid groups (broad SMARTS) is 1. The van der Waals surface area contributed by atoms with Crippen molar-refractivity contribution in [3.05, 3.63) is 100 Å². The molecule has 0 saturated carbocycles. The molecule has 4 fully saturated rings. The van der Waals surface area contributed by atoms with Crippen LogP contribution in [0.1, 0.15) is 50.8 Å². The van der Waals surface area contributed by atoms with E-state index in [1.807, 2.05) is 48.5 Å². The summed E-state index contributed by atoms with van der Waals surface area (Å²) in [6, 6.07) is 20.6. The lowest BCUT2D eigenvalue weighted by Crippen LogP contribution is -2.75. The van der Waals surface area contributed by atoms with Crippen LogP contribution in [-0.2, 0) is 16.1 Å². The predicted molar refractivity (Wildman–Crippen MR) is 167 cm³/mol. The highest BCUT2D eigenvalue weighted by Crippen LogP contribution is 2.48. The quantitative estimate of drug-likeness (QED) is 0.184. The summed E-state index contributed by atoms with van der Waals surface area (Å²) in [5.74, 6) is -2.29. The minimum atomic E-state index is -1.42. The molecule has 1 N–H and O–H groups in total. The minimum Gasteiger partial charge on any atom is -0.543 e. The first-order valence-electron chi connectivity index (χ1n) is 16.2. The molecule has 2 bridgehead atoms.